The molecule has 0 saturated heterocycles. The Bertz CT molecular complexity index is 471. The molecule has 1 aliphatic carbocycles. The zero-order chi connectivity index (χ0) is 13.3. The number of amides is 1. The van der Waals surface area contributed by atoms with E-state index in [9.17, 15) is 4.79 Å². The van der Waals surface area contributed by atoms with E-state index >= 15 is 0 Å². The highest BCUT2D eigenvalue weighted by Crippen LogP contribution is 2.37. The molecule has 0 aliphatic heterocycles. The minimum absolute atomic E-state index is 0.0446. The number of nitrogens with two attached hydrogens (primary N) is 1. The van der Waals surface area contributed by atoms with Gasteiger partial charge in [0, 0.05) is 11.7 Å². The quantitative estimate of drug-likeness (QED) is 0.823. The Labute approximate surface area is 116 Å². The molecule has 4 heteroatoms. The van der Waals surface area contributed by atoms with Crippen molar-refractivity contribution < 1.29 is 4.79 Å². The molecule has 98 valence electrons. The van der Waals surface area contributed by atoms with E-state index in [2.05, 4.69) is 35.1 Å². The first-order valence-corrected chi connectivity index (χ1v) is 7.03. The van der Waals surface area contributed by atoms with Crippen LogP contribution in [-0.4, -0.2) is 11.9 Å². The highest BCUT2D eigenvalue weighted by molar-refractivity contribution is 9.10. The van der Waals surface area contributed by atoms with Gasteiger partial charge in [0.05, 0.1) is 10.0 Å². The molecule has 0 aromatic heterocycles. The highest BCUT2D eigenvalue weighted by Gasteiger charge is 2.32. The number of hydrogen-bond acceptors (Lipinski definition) is 2. The maximum absolute atomic E-state index is 12.2. The number of anilines is 1. The topological polar surface area (TPSA) is 55.1 Å². The molecule has 1 aromatic carbocycles. The Morgan fingerprint density at radius 1 is 1.50 bits per heavy atom. The molecule has 1 fully saturated rings. The molecule has 3 nitrogen and oxygen atoms in total. The van der Waals surface area contributed by atoms with Crippen LogP contribution in [0.15, 0.2) is 22.7 Å². The van der Waals surface area contributed by atoms with Crippen molar-refractivity contribution in [2.45, 2.75) is 39.2 Å². The molecule has 2 rings (SSSR count). The van der Waals surface area contributed by atoms with Crippen LogP contribution in [0.5, 0.6) is 0 Å². The van der Waals surface area contributed by atoms with Gasteiger partial charge in [-0.15, -0.1) is 0 Å². The predicted molar refractivity (Wildman–Crippen MR) is 77.4 cm³/mol. The summed E-state index contributed by atoms with van der Waals surface area (Å²) in [6.07, 6.45) is 3.26. The summed E-state index contributed by atoms with van der Waals surface area (Å²) in [4.78, 5) is 12.2. The second-order valence-electron chi connectivity index (χ2n) is 5.79. The molecule has 1 aliphatic rings. The van der Waals surface area contributed by atoms with Gasteiger partial charge < -0.3 is 11.1 Å². The monoisotopic (exact) mass is 310 g/mol. The molecule has 0 spiro atoms. The van der Waals surface area contributed by atoms with E-state index < -0.39 is 0 Å². The van der Waals surface area contributed by atoms with Gasteiger partial charge in [0.25, 0.3) is 5.91 Å². The molecular formula is C14H19BrN2O. The lowest BCUT2D eigenvalue weighted by Crippen LogP contribution is -2.33. The molecule has 3 N–H and O–H groups in total. The normalized spacial score (nSPS) is 21.8. The largest absolute Gasteiger partial charge is 0.398 e. The Morgan fingerprint density at radius 3 is 2.83 bits per heavy atom. The van der Waals surface area contributed by atoms with Crippen molar-refractivity contribution in [2.75, 3.05) is 5.73 Å². The summed E-state index contributed by atoms with van der Waals surface area (Å²) in [5.74, 6) is -0.0446. The van der Waals surface area contributed by atoms with Gasteiger partial charge in [-0.1, -0.05) is 19.9 Å². The van der Waals surface area contributed by atoms with Crippen molar-refractivity contribution in [2.24, 2.45) is 5.41 Å². The number of halogens is 1. The Morgan fingerprint density at radius 2 is 2.22 bits per heavy atom. The minimum atomic E-state index is -0.0446. The van der Waals surface area contributed by atoms with Gasteiger partial charge in [0.1, 0.15) is 0 Å². The summed E-state index contributed by atoms with van der Waals surface area (Å²) in [7, 11) is 0. The van der Waals surface area contributed by atoms with Gasteiger partial charge in [0.15, 0.2) is 0 Å². The summed E-state index contributed by atoms with van der Waals surface area (Å²) >= 11 is 3.37. The lowest BCUT2D eigenvalue weighted by Gasteiger charge is -2.18. The van der Waals surface area contributed by atoms with Crippen molar-refractivity contribution in [1.29, 1.82) is 0 Å². The lowest BCUT2D eigenvalue weighted by molar-refractivity contribution is 0.0935. The standard InChI is InChI=1S/C14H19BrN2O/c1-14(2)7-6-9(8-14)17-13(18)10-4-3-5-11(16)12(10)15/h3-5,9H,6-8,16H2,1-2H3,(H,17,18). The van der Waals surface area contributed by atoms with Gasteiger partial charge in [0.2, 0.25) is 0 Å². The van der Waals surface area contributed by atoms with Crippen LogP contribution in [0.4, 0.5) is 5.69 Å². The first kappa shape index (κ1) is 13.4. The van der Waals surface area contributed by atoms with Crippen LogP contribution in [0.2, 0.25) is 0 Å². The van der Waals surface area contributed by atoms with Gasteiger partial charge >= 0.3 is 0 Å². The van der Waals surface area contributed by atoms with Gasteiger partial charge in [-0.05, 0) is 52.7 Å². The van der Waals surface area contributed by atoms with Crippen LogP contribution < -0.4 is 11.1 Å². The van der Waals surface area contributed by atoms with E-state index in [1.54, 1.807) is 18.2 Å². The molecule has 1 aromatic rings. The average Bonchev–Trinajstić information content (AvgIpc) is 2.62. The Kier molecular flexibility index (Phi) is 3.66. The van der Waals surface area contributed by atoms with E-state index in [-0.39, 0.29) is 11.9 Å². The third-order valence-corrected chi connectivity index (χ3v) is 4.46. The second-order valence-corrected chi connectivity index (χ2v) is 6.58. The zero-order valence-corrected chi connectivity index (χ0v) is 12.4. The third-order valence-electron chi connectivity index (χ3n) is 3.58. The number of nitrogens with one attached hydrogen (secondary N) is 1. The fourth-order valence-electron chi connectivity index (χ4n) is 2.55. The molecule has 18 heavy (non-hydrogen) atoms. The highest BCUT2D eigenvalue weighted by atomic mass is 79.9. The van der Waals surface area contributed by atoms with E-state index in [0.717, 1.165) is 19.3 Å². The molecule has 0 heterocycles. The maximum atomic E-state index is 12.2. The fourth-order valence-corrected chi connectivity index (χ4v) is 2.99. The molecular weight excluding hydrogens is 292 g/mol. The number of carbonyl (C=O) groups is 1. The lowest BCUT2D eigenvalue weighted by atomic mass is 9.92. The maximum Gasteiger partial charge on any atom is 0.252 e. The molecule has 0 radical (unpaired) electrons. The fraction of sp³-hybridized carbons (Fsp3) is 0.500. The third kappa shape index (κ3) is 2.86. The van der Waals surface area contributed by atoms with Gasteiger partial charge in [-0.2, -0.15) is 0 Å². The van der Waals surface area contributed by atoms with Crippen molar-refractivity contribution in [3.8, 4) is 0 Å². The zero-order valence-electron chi connectivity index (χ0n) is 10.8. The number of carbonyl (C=O) groups excluding carboxylic acids is 1. The first-order valence-electron chi connectivity index (χ1n) is 6.24. The van der Waals surface area contributed by atoms with Crippen molar-refractivity contribution in [3.05, 3.63) is 28.2 Å². The van der Waals surface area contributed by atoms with Crippen LogP contribution in [0, 0.1) is 5.41 Å². The number of benzene rings is 1. The summed E-state index contributed by atoms with van der Waals surface area (Å²) in [6, 6.07) is 5.64. The number of nitrogen functional groups attached to an aromatic ring is 1. The second kappa shape index (κ2) is 4.92. The van der Waals surface area contributed by atoms with Crippen LogP contribution in [0.25, 0.3) is 0 Å². The van der Waals surface area contributed by atoms with Crippen LogP contribution in [0.3, 0.4) is 0 Å². The summed E-state index contributed by atoms with van der Waals surface area (Å²) in [6.45, 7) is 4.49. The summed E-state index contributed by atoms with van der Waals surface area (Å²) < 4.78 is 0.680. The van der Waals surface area contributed by atoms with Gasteiger partial charge in [-0.25, -0.2) is 0 Å². The molecule has 1 unspecified atom stereocenters. The van der Waals surface area contributed by atoms with Crippen molar-refractivity contribution in [3.63, 3.8) is 0 Å². The molecule has 1 atom stereocenters. The van der Waals surface area contributed by atoms with E-state index in [1.807, 2.05) is 0 Å². The predicted octanol–water partition coefficient (Wildman–Crippen LogP) is 3.34. The SMILES string of the molecule is CC1(C)CCC(NC(=O)c2cccc(N)c2Br)C1. The minimum Gasteiger partial charge on any atom is -0.398 e. The molecule has 0 bridgehead atoms. The van der Waals surface area contributed by atoms with Crippen LogP contribution >= 0.6 is 15.9 Å². The summed E-state index contributed by atoms with van der Waals surface area (Å²) in [5.41, 5.74) is 7.32. The van der Waals surface area contributed by atoms with Crippen molar-refractivity contribution >= 4 is 27.5 Å². The number of rotatable bonds is 2. The summed E-state index contributed by atoms with van der Waals surface area (Å²) in [5, 5.41) is 3.09. The van der Waals surface area contributed by atoms with E-state index in [0.29, 0.717) is 21.1 Å². The smallest absolute Gasteiger partial charge is 0.252 e. The van der Waals surface area contributed by atoms with Gasteiger partial charge in [-0.3, -0.25) is 4.79 Å². The van der Waals surface area contributed by atoms with E-state index in [4.69, 9.17) is 5.73 Å². The Balaban J connectivity index is 2.07. The van der Waals surface area contributed by atoms with Crippen LogP contribution in [0.1, 0.15) is 43.5 Å². The molecule has 1 amide bonds. The Hall–Kier alpha value is -1.03. The average molecular weight is 311 g/mol. The van der Waals surface area contributed by atoms with Crippen LogP contribution in [-0.2, 0) is 0 Å². The first-order chi connectivity index (χ1) is 8.39. The van der Waals surface area contributed by atoms with Crippen molar-refractivity contribution in [1.82, 2.24) is 5.32 Å². The molecule has 1 saturated carbocycles. The number of hydrogen-bond donors (Lipinski definition) is 2. The van der Waals surface area contributed by atoms with E-state index in [1.165, 1.54) is 0 Å².